The van der Waals surface area contributed by atoms with Crippen molar-refractivity contribution in [2.24, 2.45) is 7.05 Å². The van der Waals surface area contributed by atoms with Crippen molar-refractivity contribution in [2.45, 2.75) is 17.8 Å². The predicted octanol–water partition coefficient (Wildman–Crippen LogP) is 2.59. The lowest BCUT2D eigenvalue weighted by Gasteiger charge is -2.07. The number of benzene rings is 2. The first-order chi connectivity index (χ1) is 15.6. The van der Waals surface area contributed by atoms with E-state index in [0.29, 0.717) is 22.0 Å². The number of rotatable bonds is 5. The molecule has 0 radical (unpaired) electrons. The Morgan fingerprint density at radius 1 is 1.00 bits per heavy atom. The van der Waals surface area contributed by atoms with E-state index in [1.165, 1.54) is 16.4 Å². The summed E-state index contributed by atoms with van der Waals surface area (Å²) < 4.78 is 4.87. The van der Waals surface area contributed by atoms with Gasteiger partial charge in [-0.1, -0.05) is 48.2 Å². The van der Waals surface area contributed by atoms with Gasteiger partial charge in [0.15, 0.2) is 5.69 Å². The van der Waals surface area contributed by atoms with Crippen LogP contribution in [0.4, 0.5) is 0 Å². The Balaban J connectivity index is 1.53. The molecular weight excluding hydrogens is 426 g/mol. The summed E-state index contributed by atoms with van der Waals surface area (Å²) in [6, 6.07) is 16.9. The van der Waals surface area contributed by atoms with Crippen molar-refractivity contribution in [3.05, 3.63) is 92.8 Å². The lowest BCUT2D eigenvalue weighted by molar-refractivity contribution is 0.630. The van der Waals surface area contributed by atoms with Gasteiger partial charge in [0.05, 0.1) is 11.4 Å². The minimum atomic E-state index is -0.208. The van der Waals surface area contributed by atoms with Crippen LogP contribution in [-0.2, 0) is 12.8 Å². The van der Waals surface area contributed by atoms with Crippen molar-refractivity contribution in [2.75, 3.05) is 0 Å². The molecule has 32 heavy (non-hydrogen) atoms. The Bertz CT molecular complexity index is 1550. The number of H-pyrrole nitrogens is 1. The molecule has 0 saturated heterocycles. The second-order valence-corrected chi connectivity index (χ2v) is 8.20. The Morgan fingerprint density at radius 2 is 1.72 bits per heavy atom. The molecule has 160 valence electrons. The summed E-state index contributed by atoms with van der Waals surface area (Å²) in [4.78, 5) is 28.2. The maximum atomic E-state index is 13.3. The first kappa shape index (κ1) is 20.0. The van der Waals surface area contributed by atoms with Crippen molar-refractivity contribution >= 4 is 22.5 Å². The zero-order chi connectivity index (χ0) is 22.2. The highest BCUT2D eigenvalue weighted by atomic mass is 32.2. The average Bonchev–Trinajstić information content (AvgIpc) is 3.35. The van der Waals surface area contributed by atoms with E-state index in [-0.39, 0.29) is 11.1 Å². The van der Waals surface area contributed by atoms with Crippen molar-refractivity contribution in [1.29, 1.82) is 0 Å². The molecule has 0 aliphatic carbocycles. The van der Waals surface area contributed by atoms with Crippen LogP contribution in [0.3, 0.4) is 0 Å². The standard InChI is InChI=1S/C22H19N7O2S/c1-14-19(21(31)29(27(14)2)16-8-4-3-5-9-16)28-22(24-25-26-28)32-13-15-12-23-20(30)18-11-7-6-10-17(15)18/h3-12H,13H2,1-2H3,(H,23,30). The minimum absolute atomic E-state index is 0.124. The van der Waals surface area contributed by atoms with E-state index in [0.717, 1.165) is 22.3 Å². The van der Waals surface area contributed by atoms with E-state index in [1.54, 1.807) is 21.6 Å². The molecule has 1 N–H and O–H groups in total. The lowest BCUT2D eigenvalue weighted by atomic mass is 10.1. The molecule has 5 rings (SSSR count). The van der Waals surface area contributed by atoms with E-state index in [2.05, 4.69) is 20.5 Å². The summed E-state index contributed by atoms with van der Waals surface area (Å²) in [5, 5.41) is 14.0. The zero-order valence-corrected chi connectivity index (χ0v) is 18.2. The third-order valence-electron chi connectivity index (χ3n) is 5.43. The van der Waals surface area contributed by atoms with E-state index in [9.17, 15) is 9.59 Å². The van der Waals surface area contributed by atoms with Crippen molar-refractivity contribution in [3.8, 4) is 11.4 Å². The molecule has 3 aromatic heterocycles. The van der Waals surface area contributed by atoms with E-state index >= 15 is 0 Å². The summed E-state index contributed by atoms with van der Waals surface area (Å²) >= 11 is 1.40. The number of nitrogens with one attached hydrogen (secondary N) is 1. The first-order valence-electron chi connectivity index (χ1n) is 9.91. The largest absolute Gasteiger partial charge is 0.328 e. The van der Waals surface area contributed by atoms with Crippen molar-refractivity contribution in [1.82, 2.24) is 34.6 Å². The van der Waals surface area contributed by atoms with Gasteiger partial charge in [0.25, 0.3) is 11.1 Å². The number of pyridine rings is 1. The number of fused-ring (bicyclic) bond motifs is 1. The van der Waals surface area contributed by atoms with Crippen LogP contribution in [0, 0.1) is 6.92 Å². The van der Waals surface area contributed by atoms with Crippen molar-refractivity contribution in [3.63, 3.8) is 0 Å². The molecule has 0 atom stereocenters. The van der Waals surface area contributed by atoms with Crippen LogP contribution < -0.4 is 11.1 Å². The smallest absolute Gasteiger partial charge is 0.297 e. The molecule has 0 aliphatic heterocycles. The quantitative estimate of drug-likeness (QED) is 0.417. The van der Waals surface area contributed by atoms with Crippen LogP contribution in [-0.4, -0.2) is 34.6 Å². The number of tetrazole rings is 1. The molecule has 0 spiro atoms. The molecule has 10 heteroatoms. The molecule has 0 amide bonds. The van der Waals surface area contributed by atoms with Gasteiger partial charge >= 0.3 is 0 Å². The highest BCUT2D eigenvalue weighted by Crippen LogP contribution is 2.26. The number of nitrogens with zero attached hydrogens (tertiary/aromatic N) is 6. The van der Waals surface area contributed by atoms with Gasteiger partial charge in [-0.3, -0.25) is 14.3 Å². The summed E-state index contributed by atoms with van der Waals surface area (Å²) in [5.74, 6) is 0.524. The highest BCUT2D eigenvalue weighted by Gasteiger charge is 2.22. The molecule has 2 aromatic carbocycles. The second-order valence-electron chi connectivity index (χ2n) is 7.26. The average molecular weight is 446 g/mol. The minimum Gasteiger partial charge on any atom is -0.328 e. The van der Waals surface area contributed by atoms with Crippen LogP contribution in [0.5, 0.6) is 0 Å². The molecule has 9 nitrogen and oxygen atoms in total. The van der Waals surface area contributed by atoms with E-state index in [4.69, 9.17) is 0 Å². The number of thioether (sulfide) groups is 1. The third kappa shape index (κ3) is 3.25. The summed E-state index contributed by atoms with van der Waals surface area (Å²) in [5.41, 5.74) is 2.51. The number of hydrogen-bond donors (Lipinski definition) is 1. The van der Waals surface area contributed by atoms with Gasteiger partial charge in [-0.15, -0.1) is 5.10 Å². The normalized spacial score (nSPS) is 11.3. The fourth-order valence-electron chi connectivity index (χ4n) is 3.74. The molecule has 5 aromatic rings. The van der Waals surface area contributed by atoms with Crippen molar-refractivity contribution < 1.29 is 0 Å². The Hall–Kier alpha value is -3.92. The second kappa shape index (κ2) is 7.97. The first-order valence-corrected chi connectivity index (χ1v) is 10.9. The molecule has 0 saturated carbocycles. The zero-order valence-electron chi connectivity index (χ0n) is 17.4. The maximum Gasteiger partial charge on any atom is 0.297 e. The molecule has 3 heterocycles. The maximum absolute atomic E-state index is 13.3. The molecule has 0 unspecified atom stereocenters. The fourth-order valence-corrected chi connectivity index (χ4v) is 4.61. The Kier molecular flexibility index (Phi) is 4.98. The molecular formula is C22H19N7O2S. The number of aromatic amines is 1. The van der Waals surface area contributed by atoms with Gasteiger partial charge in [0.1, 0.15) is 0 Å². The van der Waals surface area contributed by atoms with Crippen LogP contribution >= 0.6 is 11.8 Å². The summed E-state index contributed by atoms with van der Waals surface area (Å²) in [6.45, 7) is 1.86. The Labute approximate surface area is 186 Å². The van der Waals surface area contributed by atoms with E-state index in [1.807, 2.05) is 62.5 Å². The third-order valence-corrected chi connectivity index (χ3v) is 6.40. The molecule has 0 aliphatic rings. The van der Waals surface area contributed by atoms with Gasteiger partial charge in [-0.25, -0.2) is 4.68 Å². The van der Waals surface area contributed by atoms with Crippen LogP contribution in [0.25, 0.3) is 22.1 Å². The molecule has 0 fully saturated rings. The van der Waals surface area contributed by atoms with Crippen LogP contribution in [0.1, 0.15) is 11.3 Å². The van der Waals surface area contributed by atoms with Gasteiger partial charge < -0.3 is 4.98 Å². The predicted molar refractivity (Wildman–Crippen MR) is 123 cm³/mol. The van der Waals surface area contributed by atoms with E-state index < -0.39 is 0 Å². The fraction of sp³-hybridized carbons (Fsp3) is 0.136. The van der Waals surface area contributed by atoms with Crippen LogP contribution in [0.2, 0.25) is 0 Å². The summed E-state index contributed by atoms with van der Waals surface area (Å²) in [6.07, 6.45) is 1.71. The topological polar surface area (TPSA) is 103 Å². The highest BCUT2D eigenvalue weighted by molar-refractivity contribution is 7.98. The Morgan fingerprint density at radius 3 is 2.50 bits per heavy atom. The van der Waals surface area contributed by atoms with Gasteiger partial charge in [0, 0.05) is 24.4 Å². The van der Waals surface area contributed by atoms with Gasteiger partial charge in [0.2, 0.25) is 5.16 Å². The molecule has 0 bridgehead atoms. The number of para-hydroxylation sites is 1. The van der Waals surface area contributed by atoms with Gasteiger partial charge in [-0.05, 0) is 46.5 Å². The SMILES string of the molecule is Cc1c(-n2nnnc2SCc2c[nH]c(=O)c3ccccc23)c(=O)n(-c2ccccc2)n1C. The number of hydrogen-bond acceptors (Lipinski definition) is 6. The lowest BCUT2D eigenvalue weighted by Crippen LogP contribution is -2.22. The number of aromatic nitrogens is 7. The van der Waals surface area contributed by atoms with Gasteiger partial charge in [-0.2, -0.15) is 4.68 Å². The van der Waals surface area contributed by atoms with Crippen LogP contribution in [0.15, 0.2) is 75.5 Å². The monoisotopic (exact) mass is 445 g/mol. The summed E-state index contributed by atoms with van der Waals surface area (Å²) in [7, 11) is 1.83.